The highest BCUT2D eigenvalue weighted by atomic mass is 19.4. The number of carbonyl (C=O) groups is 1. The lowest BCUT2D eigenvalue weighted by Gasteiger charge is -2.25. The Morgan fingerprint density at radius 2 is 1.89 bits per heavy atom. The Balaban J connectivity index is 2.37. The Morgan fingerprint density at radius 1 is 1.33 bits per heavy atom. The third-order valence-corrected chi connectivity index (χ3v) is 3.27. The number of halogens is 3. The number of aliphatic carboxylic acids is 1. The van der Waals surface area contributed by atoms with Gasteiger partial charge in [0.25, 0.3) is 0 Å². The van der Waals surface area contributed by atoms with Crippen LogP contribution in [-0.4, -0.2) is 41.3 Å². The number of nitrogens with zero attached hydrogens (tertiary/aromatic N) is 1. The summed E-state index contributed by atoms with van der Waals surface area (Å²) in [5, 5.41) is 8.92. The van der Waals surface area contributed by atoms with Crippen LogP contribution in [0.25, 0.3) is 0 Å². The molecule has 0 spiro atoms. The second-order valence-electron chi connectivity index (χ2n) is 5.61. The van der Waals surface area contributed by atoms with Gasteiger partial charge in [-0.3, -0.25) is 9.69 Å². The summed E-state index contributed by atoms with van der Waals surface area (Å²) in [5.74, 6) is -0.906. The summed E-state index contributed by atoms with van der Waals surface area (Å²) in [6.45, 7) is 2.63. The van der Waals surface area contributed by atoms with E-state index in [1.165, 1.54) is 4.90 Å². The summed E-state index contributed by atoms with van der Waals surface area (Å²) < 4.78 is 37.0. The molecule has 0 heterocycles. The monoisotopic (exact) mass is 267 g/mol. The van der Waals surface area contributed by atoms with Gasteiger partial charge in [-0.2, -0.15) is 13.2 Å². The van der Waals surface area contributed by atoms with Crippen molar-refractivity contribution in [3.8, 4) is 0 Å². The van der Waals surface area contributed by atoms with Gasteiger partial charge in [0.2, 0.25) is 0 Å². The molecule has 0 radical (unpaired) electrons. The van der Waals surface area contributed by atoms with Crippen molar-refractivity contribution < 1.29 is 23.1 Å². The Hall–Kier alpha value is -0.780. The summed E-state index contributed by atoms with van der Waals surface area (Å²) in [5.41, 5.74) is -0.868. The molecule has 0 aromatic carbocycles. The van der Waals surface area contributed by atoms with Gasteiger partial charge in [-0.1, -0.05) is 0 Å². The van der Waals surface area contributed by atoms with Gasteiger partial charge < -0.3 is 5.11 Å². The number of rotatable bonds is 7. The molecule has 3 nitrogen and oxygen atoms in total. The van der Waals surface area contributed by atoms with Crippen molar-refractivity contribution >= 4 is 5.97 Å². The molecule has 0 bridgehead atoms. The van der Waals surface area contributed by atoms with Crippen molar-refractivity contribution in [2.75, 3.05) is 13.1 Å². The quantitative estimate of drug-likeness (QED) is 0.771. The zero-order valence-electron chi connectivity index (χ0n) is 10.8. The van der Waals surface area contributed by atoms with E-state index in [4.69, 9.17) is 5.11 Å². The third kappa shape index (κ3) is 5.25. The molecule has 0 amide bonds. The zero-order chi connectivity index (χ0) is 14.0. The van der Waals surface area contributed by atoms with Crippen molar-refractivity contribution in [3.05, 3.63) is 0 Å². The molecule has 18 heavy (non-hydrogen) atoms. The van der Waals surface area contributed by atoms with Crippen LogP contribution in [0, 0.1) is 5.41 Å². The maximum atomic E-state index is 12.3. The van der Waals surface area contributed by atoms with Crippen molar-refractivity contribution in [1.82, 2.24) is 4.90 Å². The van der Waals surface area contributed by atoms with E-state index >= 15 is 0 Å². The largest absolute Gasteiger partial charge is 0.481 e. The van der Waals surface area contributed by atoms with E-state index in [0.717, 1.165) is 12.8 Å². The first-order valence-electron chi connectivity index (χ1n) is 6.16. The van der Waals surface area contributed by atoms with Gasteiger partial charge in [0, 0.05) is 6.04 Å². The third-order valence-electron chi connectivity index (χ3n) is 3.27. The lowest BCUT2D eigenvalue weighted by Crippen LogP contribution is -2.37. The summed E-state index contributed by atoms with van der Waals surface area (Å²) >= 11 is 0. The average Bonchev–Trinajstić information content (AvgIpc) is 2.96. The van der Waals surface area contributed by atoms with Crippen LogP contribution in [0.5, 0.6) is 0 Å². The van der Waals surface area contributed by atoms with E-state index < -0.39 is 24.1 Å². The fourth-order valence-electron chi connectivity index (χ4n) is 1.89. The Labute approximate surface area is 105 Å². The van der Waals surface area contributed by atoms with Crippen molar-refractivity contribution in [2.45, 2.75) is 51.7 Å². The molecule has 1 aliphatic rings. The molecule has 1 fully saturated rings. The molecule has 1 aliphatic carbocycles. The summed E-state index contributed by atoms with van der Waals surface area (Å²) in [6.07, 6.45) is -1.67. The SMILES string of the molecule is CC(C)(CCCN(CC(F)(F)F)C1CC1)C(=O)O. The first kappa shape index (κ1) is 15.3. The average molecular weight is 267 g/mol. The molecule has 0 saturated heterocycles. The van der Waals surface area contributed by atoms with E-state index in [2.05, 4.69) is 0 Å². The van der Waals surface area contributed by atoms with Crippen molar-refractivity contribution in [1.29, 1.82) is 0 Å². The molecule has 1 rings (SSSR count). The maximum absolute atomic E-state index is 12.3. The molecule has 0 atom stereocenters. The molecule has 0 aromatic heterocycles. The highest BCUT2D eigenvalue weighted by Gasteiger charge is 2.38. The fraction of sp³-hybridized carbons (Fsp3) is 0.917. The van der Waals surface area contributed by atoms with Gasteiger partial charge in [0.05, 0.1) is 12.0 Å². The first-order chi connectivity index (χ1) is 8.12. The predicted molar refractivity (Wildman–Crippen MR) is 61.3 cm³/mol. The number of hydrogen-bond acceptors (Lipinski definition) is 2. The standard InChI is InChI=1S/C12H20F3NO2/c1-11(2,10(17)18)6-3-7-16(9-4-5-9)8-12(13,14)15/h9H,3-8H2,1-2H3,(H,17,18). The molecule has 0 aliphatic heterocycles. The minimum atomic E-state index is -4.18. The van der Waals surface area contributed by atoms with Crippen LogP contribution in [0.4, 0.5) is 13.2 Å². The lowest BCUT2D eigenvalue weighted by atomic mass is 9.88. The molecule has 1 saturated carbocycles. The van der Waals surface area contributed by atoms with Crippen LogP contribution in [0.1, 0.15) is 39.5 Å². The number of alkyl halides is 3. The maximum Gasteiger partial charge on any atom is 0.401 e. The lowest BCUT2D eigenvalue weighted by molar-refractivity contribution is -0.150. The molecular weight excluding hydrogens is 247 g/mol. The van der Waals surface area contributed by atoms with E-state index in [1.807, 2.05) is 0 Å². The molecular formula is C12H20F3NO2. The van der Waals surface area contributed by atoms with E-state index in [9.17, 15) is 18.0 Å². The smallest absolute Gasteiger partial charge is 0.401 e. The summed E-state index contributed by atoms with van der Waals surface area (Å²) in [4.78, 5) is 12.3. The van der Waals surface area contributed by atoms with Gasteiger partial charge in [0.1, 0.15) is 0 Å². The number of carboxylic acid groups (broad SMARTS) is 1. The number of carboxylic acids is 1. The van der Waals surface area contributed by atoms with Gasteiger partial charge in [-0.05, 0) is 46.1 Å². The van der Waals surface area contributed by atoms with Crippen LogP contribution in [0.15, 0.2) is 0 Å². The van der Waals surface area contributed by atoms with E-state index in [1.54, 1.807) is 13.8 Å². The van der Waals surface area contributed by atoms with E-state index in [-0.39, 0.29) is 6.04 Å². The topological polar surface area (TPSA) is 40.5 Å². The van der Waals surface area contributed by atoms with Crippen molar-refractivity contribution in [2.24, 2.45) is 5.41 Å². The minimum Gasteiger partial charge on any atom is -0.481 e. The van der Waals surface area contributed by atoms with Gasteiger partial charge in [0.15, 0.2) is 0 Å². The Kier molecular flexibility index (Phi) is 4.64. The van der Waals surface area contributed by atoms with E-state index in [0.29, 0.717) is 19.4 Å². The van der Waals surface area contributed by atoms with Crippen LogP contribution < -0.4 is 0 Å². The van der Waals surface area contributed by atoms with Gasteiger partial charge >= 0.3 is 12.1 Å². The molecule has 0 unspecified atom stereocenters. The second-order valence-corrected chi connectivity index (χ2v) is 5.61. The summed E-state index contributed by atoms with van der Waals surface area (Å²) in [6, 6.07) is 0.0413. The van der Waals surface area contributed by atoms with Crippen LogP contribution >= 0.6 is 0 Å². The van der Waals surface area contributed by atoms with Crippen molar-refractivity contribution in [3.63, 3.8) is 0 Å². The second kappa shape index (κ2) is 5.47. The molecule has 6 heteroatoms. The zero-order valence-corrected chi connectivity index (χ0v) is 10.8. The van der Waals surface area contributed by atoms with Crippen LogP contribution in [0.3, 0.4) is 0 Å². The van der Waals surface area contributed by atoms with Gasteiger partial charge in [-0.25, -0.2) is 0 Å². The summed E-state index contributed by atoms with van der Waals surface area (Å²) in [7, 11) is 0. The highest BCUT2D eigenvalue weighted by molar-refractivity contribution is 5.73. The molecule has 106 valence electrons. The predicted octanol–water partition coefficient (Wildman–Crippen LogP) is 2.90. The Bertz CT molecular complexity index is 298. The van der Waals surface area contributed by atoms with Crippen LogP contribution in [-0.2, 0) is 4.79 Å². The molecule has 1 N–H and O–H groups in total. The Morgan fingerprint density at radius 3 is 2.28 bits per heavy atom. The number of hydrogen-bond donors (Lipinski definition) is 1. The van der Waals surface area contributed by atoms with Crippen LogP contribution in [0.2, 0.25) is 0 Å². The normalized spacial score (nSPS) is 17.2. The fourth-order valence-corrected chi connectivity index (χ4v) is 1.89. The highest BCUT2D eigenvalue weighted by Crippen LogP contribution is 2.31. The molecule has 0 aromatic rings. The minimum absolute atomic E-state index is 0.0413. The first-order valence-corrected chi connectivity index (χ1v) is 6.16. The van der Waals surface area contributed by atoms with Gasteiger partial charge in [-0.15, -0.1) is 0 Å².